The predicted molar refractivity (Wildman–Crippen MR) is 80.3 cm³/mol. The SMILES string of the molecule is CNCc1ccc(OC(C)C(=O)NC(C)C)c(Br)c1. The highest BCUT2D eigenvalue weighted by Gasteiger charge is 2.16. The van der Waals surface area contributed by atoms with Gasteiger partial charge in [-0.2, -0.15) is 0 Å². The first kappa shape index (κ1) is 16.0. The molecule has 0 saturated carbocycles. The van der Waals surface area contributed by atoms with Crippen LogP contribution in [0.2, 0.25) is 0 Å². The zero-order valence-corrected chi connectivity index (χ0v) is 13.4. The van der Waals surface area contributed by atoms with Crippen LogP contribution in [0.3, 0.4) is 0 Å². The summed E-state index contributed by atoms with van der Waals surface area (Å²) in [6, 6.07) is 5.94. The molecule has 0 saturated heterocycles. The smallest absolute Gasteiger partial charge is 0.260 e. The second-order valence-corrected chi connectivity index (χ2v) is 5.57. The summed E-state index contributed by atoms with van der Waals surface area (Å²) < 4.78 is 6.51. The Morgan fingerprint density at radius 3 is 2.58 bits per heavy atom. The minimum atomic E-state index is -0.520. The molecule has 1 atom stereocenters. The van der Waals surface area contributed by atoms with E-state index in [0.717, 1.165) is 16.6 Å². The number of benzene rings is 1. The molecule has 5 heteroatoms. The van der Waals surface area contributed by atoms with Crippen LogP contribution < -0.4 is 15.4 Å². The van der Waals surface area contributed by atoms with E-state index >= 15 is 0 Å². The number of nitrogens with one attached hydrogen (secondary N) is 2. The molecule has 1 aromatic carbocycles. The largest absolute Gasteiger partial charge is 0.480 e. The number of halogens is 1. The first-order chi connectivity index (χ1) is 8.93. The molecule has 106 valence electrons. The summed E-state index contributed by atoms with van der Waals surface area (Å²) in [6.45, 7) is 6.38. The highest BCUT2D eigenvalue weighted by molar-refractivity contribution is 9.10. The second kappa shape index (κ2) is 7.50. The highest BCUT2D eigenvalue weighted by atomic mass is 79.9. The van der Waals surface area contributed by atoms with E-state index in [4.69, 9.17) is 4.74 Å². The van der Waals surface area contributed by atoms with Crippen LogP contribution in [-0.2, 0) is 11.3 Å². The average molecular weight is 329 g/mol. The molecule has 0 bridgehead atoms. The van der Waals surface area contributed by atoms with Crippen molar-refractivity contribution in [1.82, 2.24) is 10.6 Å². The Labute approximate surface area is 123 Å². The number of amides is 1. The third-order valence-corrected chi connectivity index (χ3v) is 3.10. The monoisotopic (exact) mass is 328 g/mol. The molecule has 0 aliphatic heterocycles. The van der Waals surface area contributed by atoms with Gasteiger partial charge in [-0.25, -0.2) is 0 Å². The first-order valence-electron chi connectivity index (χ1n) is 6.34. The van der Waals surface area contributed by atoms with Gasteiger partial charge in [0.15, 0.2) is 6.10 Å². The van der Waals surface area contributed by atoms with Crippen molar-refractivity contribution in [2.75, 3.05) is 7.05 Å². The third-order valence-electron chi connectivity index (χ3n) is 2.48. The van der Waals surface area contributed by atoms with Gasteiger partial charge in [0.1, 0.15) is 5.75 Å². The fraction of sp³-hybridized carbons (Fsp3) is 0.500. The molecule has 0 heterocycles. The number of ether oxygens (including phenoxy) is 1. The Morgan fingerprint density at radius 2 is 2.05 bits per heavy atom. The van der Waals surface area contributed by atoms with E-state index in [1.165, 1.54) is 0 Å². The van der Waals surface area contributed by atoms with Gasteiger partial charge >= 0.3 is 0 Å². The van der Waals surface area contributed by atoms with E-state index in [9.17, 15) is 4.79 Å². The molecule has 1 unspecified atom stereocenters. The van der Waals surface area contributed by atoms with Gasteiger partial charge in [-0.3, -0.25) is 4.79 Å². The molecule has 0 spiro atoms. The summed E-state index contributed by atoms with van der Waals surface area (Å²) in [4.78, 5) is 11.8. The fourth-order valence-electron chi connectivity index (χ4n) is 1.60. The van der Waals surface area contributed by atoms with E-state index in [-0.39, 0.29) is 11.9 Å². The summed E-state index contributed by atoms with van der Waals surface area (Å²) >= 11 is 3.46. The van der Waals surface area contributed by atoms with Gasteiger partial charge < -0.3 is 15.4 Å². The normalized spacial score (nSPS) is 12.3. The molecule has 1 amide bonds. The van der Waals surface area contributed by atoms with E-state index in [2.05, 4.69) is 26.6 Å². The number of rotatable bonds is 6. The number of hydrogen-bond acceptors (Lipinski definition) is 3. The van der Waals surface area contributed by atoms with Gasteiger partial charge in [0.25, 0.3) is 5.91 Å². The molecule has 0 aliphatic carbocycles. The van der Waals surface area contributed by atoms with Crippen molar-refractivity contribution in [1.29, 1.82) is 0 Å². The quantitative estimate of drug-likeness (QED) is 0.843. The molecule has 0 radical (unpaired) electrons. The second-order valence-electron chi connectivity index (χ2n) is 4.72. The average Bonchev–Trinajstić information content (AvgIpc) is 2.32. The summed E-state index contributed by atoms with van der Waals surface area (Å²) in [6.07, 6.45) is -0.520. The summed E-state index contributed by atoms with van der Waals surface area (Å²) in [5.41, 5.74) is 1.15. The van der Waals surface area contributed by atoms with Crippen LogP contribution in [0.25, 0.3) is 0 Å². The number of hydrogen-bond donors (Lipinski definition) is 2. The Morgan fingerprint density at radius 1 is 1.37 bits per heavy atom. The Balaban J connectivity index is 2.69. The summed E-state index contributed by atoms with van der Waals surface area (Å²) in [5, 5.41) is 5.91. The lowest BCUT2D eigenvalue weighted by Crippen LogP contribution is -2.40. The van der Waals surface area contributed by atoms with Crippen molar-refractivity contribution in [3.8, 4) is 5.75 Å². The fourth-order valence-corrected chi connectivity index (χ4v) is 2.12. The molecule has 19 heavy (non-hydrogen) atoms. The zero-order chi connectivity index (χ0) is 14.4. The minimum absolute atomic E-state index is 0.110. The molecule has 1 rings (SSSR count). The van der Waals surface area contributed by atoms with Crippen molar-refractivity contribution < 1.29 is 9.53 Å². The van der Waals surface area contributed by atoms with Crippen molar-refractivity contribution >= 4 is 21.8 Å². The van der Waals surface area contributed by atoms with Gasteiger partial charge in [-0.15, -0.1) is 0 Å². The molecule has 1 aromatic rings. The van der Waals surface area contributed by atoms with Gasteiger partial charge in [0.05, 0.1) is 4.47 Å². The van der Waals surface area contributed by atoms with E-state index in [1.54, 1.807) is 6.92 Å². The highest BCUT2D eigenvalue weighted by Crippen LogP contribution is 2.27. The van der Waals surface area contributed by atoms with Crippen LogP contribution in [0.4, 0.5) is 0 Å². The van der Waals surface area contributed by atoms with Crippen LogP contribution in [0.1, 0.15) is 26.3 Å². The first-order valence-corrected chi connectivity index (χ1v) is 7.13. The van der Waals surface area contributed by atoms with Crippen molar-refractivity contribution in [2.24, 2.45) is 0 Å². The Bertz CT molecular complexity index is 435. The van der Waals surface area contributed by atoms with Gasteiger partial charge in [0.2, 0.25) is 0 Å². The lowest BCUT2D eigenvalue weighted by Gasteiger charge is -2.17. The van der Waals surface area contributed by atoms with Crippen LogP contribution in [0, 0.1) is 0 Å². The summed E-state index contributed by atoms with van der Waals surface area (Å²) in [7, 11) is 1.90. The van der Waals surface area contributed by atoms with Crippen LogP contribution in [0.15, 0.2) is 22.7 Å². The van der Waals surface area contributed by atoms with Crippen LogP contribution in [0.5, 0.6) is 5.75 Å². The molecular weight excluding hydrogens is 308 g/mol. The van der Waals surface area contributed by atoms with Gasteiger partial charge in [0, 0.05) is 12.6 Å². The third kappa shape index (κ3) is 5.20. The lowest BCUT2D eigenvalue weighted by atomic mass is 10.2. The minimum Gasteiger partial charge on any atom is -0.480 e. The van der Waals surface area contributed by atoms with E-state index in [1.807, 2.05) is 39.1 Å². The maximum Gasteiger partial charge on any atom is 0.260 e. The molecule has 0 aliphatic rings. The molecule has 4 nitrogen and oxygen atoms in total. The Hall–Kier alpha value is -1.07. The van der Waals surface area contributed by atoms with Crippen LogP contribution in [-0.4, -0.2) is 25.1 Å². The van der Waals surface area contributed by atoms with Crippen molar-refractivity contribution in [2.45, 2.75) is 39.5 Å². The zero-order valence-electron chi connectivity index (χ0n) is 11.8. The topological polar surface area (TPSA) is 50.4 Å². The van der Waals surface area contributed by atoms with Gasteiger partial charge in [-0.1, -0.05) is 6.07 Å². The molecule has 2 N–H and O–H groups in total. The molecular formula is C14H21BrN2O2. The van der Waals surface area contributed by atoms with Crippen LogP contribution >= 0.6 is 15.9 Å². The van der Waals surface area contributed by atoms with E-state index in [0.29, 0.717) is 5.75 Å². The van der Waals surface area contributed by atoms with Crippen molar-refractivity contribution in [3.05, 3.63) is 28.2 Å². The maximum atomic E-state index is 11.8. The van der Waals surface area contributed by atoms with E-state index < -0.39 is 6.10 Å². The maximum absolute atomic E-state index is 11.8. The standard InChI is InChI=1S/C14H21BrN2O2/c1-9(2)17-14(18)10(3)19-13-6-5-11(8-16-4)7-12(13)15/h5-7,9-10,16H,8H2,1-4H3,(H,17,18). The predicted octanol–water partition coefficient (Wildman–Crippen LogP) is 2.46. The Kier molecular flexibility index (Phi) is 6.31. The molecule has 0 fully saturated rings. The number of carbonyl (C=O) groups excluding carboxylic acids is 1. The lowest BCUT2D eigenvalue weighted by molar-refractivity contribution is -0.127. The summed E-state index contributed by atoms with van der Waals surface area (Å²) in [5.74, 6) is 0.562. The van der Waals surface area contributed by atoms with Crippen molar-refractivity contribution in [3.63, 3.8) is 0 Å². The molecule has 0 aromatic heterocycles. The number of carbonyl (C=O) groups is 1. The van der Waals surface area contributed by atoms with Gasteiger partial charge in [-0.05, 0) is 61.4 Å².